The number of thioether (sulfide) groups is 1. The minimum absolute atomic E-state index is 0.238. The van der Waals surface area contributed by atoms with Crippen LogP contribution in [-0.2, 0) is 6.42 Å². The second-order valence-electron chi connectivity index (χ2n) is 3.15. The summed E-state index contributed by atoms with van der Waals surface area (Å²) >= 11 is 1.70. The lowest BCUT2D eigenvalue weighted by Crippen LogP contribution is -2.13. The zero-order chi connectivity index (χ0) is 10.4. The number of hydrogen-bond acceptors (Lipinski definition) is 2. The smallest absolute Gasteiger partial charge is 0.123 e. The number of halogens is 1. The van der Waals surface area contributed by atoms with Crippen LogP contribution in [0.25, 0.3) is 0 Å². The van der Waals surface area contributed by atoms with Crippen molar-refractivity contribution < 1.29 is 9.50 Å². The van der Waals surface area contributed by atoms with Crippen molar-refractivity contribution in [1.29, 1.82) is 0 Å². The van der Waals surface area contributed by atoms with Crippen LogP contribution in [0.1, 0.15) is 12.5 Å². The maximum Gasteiger partial charge on any atom is 0.123 e. The van der Waals surface area contributed by atoms with Gasteiger partial charge in [-0.05, 0) is 29.9 Å². The first-order valence-electron chi connectivity index (χ1n) is 4.72. The van der Waals surface area contributed by atoms with E-state index in [4.69, 9.17) is 0 Å². The molecule has 0 aromatic heterocycles. The third kappa shape index (κ3) is 4.11. The third-order valence-electron chi connectivity index (χ3n) is 1.87. The van der Waals surface area contributed by atoms with Crippen LogP contribution in [0.15, 0.2) is 24.3 Å². The second kappa shape index (κ2) is 6.04. The Morgan fingerprint density at radius 1 is 1.50 bits per heavy atom. The standard InChI is InChI=1S/C11H15FOS/c1-2-14-8-11(13)7-9-4-3-5-10(12)6-9/h3-6,11,13H,2,7-8H2,1H3. The first kappa shape index (κ1) is 11.5. The summed E-state index contributed by atoms with van der Waals surface area (Å²) in [4.78, 5) is 0. The van der Waals surface area contributed by atoms with E-state index in [2.05, 4.69) is 6.92 Å². The summed E-state index contributed by atoms with van der Waals surface area (Å²) in [5.41, 5.74) is 0.856. The Morgan fingerprint density at radius 2 is 2.29 bits per heavy atom. The fraction of sp³-hybridized carbons (Fsp3) is 0.455. The molecule has 0 saturated carbocycles. The van der Waals surface area contributed by atoms with E-state index in [-0.39, 0.29) is 11.9 Å². The van der Waals surface area contributed by atoms with Gasteiger partial charge >= 0.3 is 0 Å². The first-order valence-corrected chi connectivity index (χ1v) is 5.88. The average molecular weight is 214 g/mol. The summed E-state index contributed by atoms with van der Waals surface area (Å²) in [7, 11) is 0. The van der Waals surface area contributed by atoms with Gasteiger partial charge in [0, 0.05) is 5.75 Å². The minimum atomic E-state index is -0.373. The van der Waals surface area contributed by atoms with Crippen molar-refractivity contribution in [3.05, 3.63) is 35.6 Å². The van der Waals surface area contributed by atoms with Gasteiger partial charge in [0.05, 0.1) is 6.10 Å². The van der Waals surface area contributed by atoms with Crippen LogP contribution in [-0.4, -0.2) is 22.7 Å². The molecule has 0 spiro atoms. The minimum Gasteiger partial charge on any atom is -0.392 e. The van der Waals surface area contributed by atoms with Crippen LogP contribution in [0, 0.1) is 5.82 Å². The zero-order valence-electron chi connectivity index (χ0n) is 8.24. The summed E-state index contributed by atoms with van der Waals surface area (Å²) in [6, 6.07) is 6.39. The van der Waals surface area contributed by atoms with Gasteiger partial charge in [0.2, 0.25) is 0 Å². The maximum absolute atomic E-state index is 12.8. The molecule has 0 radical (unpaired) electrons. The highest BCUT2D eigenvalue weighted by Gasteiger charge is 2.05. The van der Waals surface area contributed by atoms with E-state index in [1.807, 2.05) is 6.07 Å². The van der Waals surface area contributed by atoms with Crippen molar-refractivity contribution in [1.82, 2.24) is 0 Å². The summed E-state index contributed by atoms with van der Waals surface area (Å²) in [5, 5.41) is 9.58. The lowest BCUT2D eigenvalue weighted by Gasteiger charge is -2.09. The monoisotopic (exact) mass is 214 g/mol. The van der Waals surface area contributed by atoms with E-state index in [0.29, 0.717) is 12.2 Å². The van der Waals surface area contributed by atoms with Crippen molar-refractivity contribution in [2.24, 2.45) is 0 Å². The van der Waals surface area contributed by atoms with Crippen molar-refractivity contribution in [2.45, 2.75) is 19.4 Å². The van der Waals surface area contributed by atoms with Crippen molar-refractivity contribution in [2.75, 3.05) is 11.5 Å². The van der Waals surface area contributed by atoms with Gasteiger partial charge in [-0.3, -0.25) is 0 Å². The van der Waals surface area contributed by atoms with Crippen molar-refractivity contribution in [3.63, 3.8) is 0 Å². The van der Waals surface area contributed by atoms with Gasteiger partial charge in [0.1, 0.15) is 5.82 Å². The number of aliphatic hydroxyl groups excluding tert-OH is 1. The fourth-order valence-electron chi connectivity index (χ4n) is 1.25. The molecule has 1 atom stereocenters. The molecule has 0 fully saturated rings. The number of hydrogen-bond donors (Lipinski definition) is 1. The normalized spacial score (nSPS) is 12.8. The predicted molar refractivity (Wildman–Crippen MR) is 59.1 cm³/mol. The number of aliphatic hydroxyl groups is 1. The van der Waals surface area contributed by atoms with Crippen molar-refractivity contribution >= 4 is 11.8 Å². The Labute approximate surface area is 88.3 Å². The molecule has 0 aliphatic heterocycles. The van der Waals surface area contributed by atoms with E-state index >= 15 is 0 Å². The molecule has 1 unspecified atom stereocenters. The average Bonchev–Trinajstić information content (AvgIpc) is 2.15. The van der Waals surface area contributed by atoms with Crippen LogP contribution < -0.4 is 0 Å². The molecule has 0 aliphatic rings. The second-order valence-corrected chi connectivity index (χ2v) is 4.47. The molecule has 0 aliphatic carbocycles. The van der Waals surface area contributed by atoms with Crippen LogP contribution in [0.5, 0.6) is 0 Å². The molecule has 0 heterocycles. The molecular weight excluding hydrogens is 199 g/mol. The van der Waals surface area contributed by atoms with Crippen LogP contribution >= 0.6 is 11.8 Å². The molecule has 78 valence electrons. The van der Waals surface area contributed by atoms with Gasteiger partial charge < -0.3 is 5.11 Å². The first-order chi connectivity index (χ1) is 6.72. The van der Waals surface area contributed by atoms with E-state index < -0.39 is 0 Å². The summed E-state index contributed by atoms with van der Waals surface area (Å²) in [6.07, 6.45) is 0.159. The van der Waals surface area contributed by atoms with Gasteiger partial charge in [-0.25, -0.2) is 4.39 Å². The van der Waals surface area contributed by atoms with Crippen LogP contribution in [0.3, 0.4) is 0 Å². The Bertz CT molecular complexity index is 278. The quantitative estimate of drug-likeness (QED) is 0.812. The van der Waals surface area contributed by atoms with Gasteiger partial charge in [0.15, 0.2) is 0 Å². The van der Waals surface area contributed by atoms with Gasteiger partial charge in [0.25, 0.3) is 0 Å². The maximum atomic E-state index is 12.8. The van der Waals surface area contributed by atoms with Crippen LogP contribution in [0.4, 0.5) is 4.39 Å². The fourth-order valence-corrected chi connectivity index (χ4v) is 1.87. The Morgan fingerprint density at radius 3 is 2.93 bits per heavy atom. The molecule has 1 nitrogen and oxygen atoms in total. The highest BCUT2D eigenvalue weighted by atomic mass is 32.2. The summed E-state index contributed by atoms with van der Waals surface area (Å²) in [6.45, 7) is 2.06. The number of rotatable bonds is 5. The SMILES string of the molecule is CCSCC(O)Cc1cccc(F)c1. The van der Waals surface area contributed by atoms with Gasteiger partial charge in [-0.1, -0.05) is 19.1 Å². The Hall–Kier alpha value is -0.540. The molecule has 1 aromatic rings. The lowest BCUT2D eigenvalue weighted by atomic mass is 10.1. The van der Waals surface area contributed by atoms with Crippen LogP contribution in [0.2, 0.25) is 0 Å². The molecule has 3 heteroatoms. The van der Waals surface area contributed by atoms with Gasteiger partial charge in [-0.15, -0.1) is 0 Å². The largest absolute Gasteiger partial charge is 0.392 e. The van der Waals surface area contributed by atoms with E-state index in [0.717, 1.165) is 11.3 Å². The van der Waals surface area contributed by atoms with Crippen molar-refractivity contribution in [3.8, 4) is 0 Å². The number of benzene rings is 1. The molecule has 0 saturated heterocycles. The molecule has 1 aromatic carbocycles. The molecule has 1 N–H and O–H groups in total. The molecular formula is C11H15FOS. The van der Waals surface area contributed by atoms with Gasteiger partial charge in [-0.2, -0.15) is 11.8 Å². The topological polar surface area (TPSA) is 20.2 Å². The predicted octanol–water partition coefficient (Wildman–Crippen LogP) is 2.48. The Balaban J connectivity index is 2.43. The zero-order valence-corrected chi connectivity index (χ0v) is 9.06. The van der Waals surface area contributed by atoms with E-state index in [1.165, 1.54) is 12.1 Å². The summed E-state index contributed by atoms with van der Waals surface area (Å²) < 4.78 is 12.8. The molecule has 14 heavy (non-hydrogen) atoms. The summed E-state index contributed by atoms with van der Waals surface area (Å²) in [5.74, 6) is 1.48. The lowest BCUT2D eigenvalue weighted by molar-refractivity contribution is 0.200. The van der Waals surface area contributed by atoms with E-state index in [1.54, 1.807) is 17.8 Å². The highest BCUT2D eigenvalue weighted by molar-refractivity contribution is 7.99. The van der Waals surface area contributed by atoms with E-state index in [9.17, 15) is 9.50 Å². The molecule has 0 amide bonds. The third-order valence-corrected chi connectivity index (χ3v) is 2.90. The molecule has 0 bridgehead atoms. The molecule has 1 rings (SSSR count). The highest BCUT2D eigenvalue weighted by Crippen LogP contribution is 2.10. The Kier molecular flexibility index (Phi) is 4.98.